The lowest BCUT2D eigenvalue weighted by atomic mass is 10.1. The van der Waals surface area contributed by atoms with Crippen LogP contribution in [0.5, 0.6) is 11.5 Å². The molecule has 0 spiro atoms. The van der Waals surface area contributed by atoms with Gasteiger partial charge < -0.3 is 19.3 Å². The Morgan fingerprint density at radius 1 is 1.19 bits per heavy atom. The smallest absolute Gasteiger partial charge is 0.244 e. The Hall–Kier alpha value is -2.08. The number of hydrogen-bond acceptors (Lipinski definition) is 6. The minimum absolute atomic E-state index is 0.167. The molecule has 6 heteroatoms. The van der Waals surface area contributed by atoms with Crippen LogP contribution in [0.15, 0.2) is 22.7 Å². The Labute approximate surface area is 123 Å². The molecule has 6 nitrogen and oxygen atoms in total. The van der Waals surface area contributed by atoms with Crippen molar-refractivity contribution in [1.82, 2.24) is 15.5 Å². The summed E-state index contributed by atoms with van der Waals surface area (Å²) in [4.78, 5) is 4.50. The number of ether oxygens (including phenoxy) is 2. The zero-order valence-electron chi connectivity index (χ0n) is 12.3. The average Bonchev–Trinajstić information content (AvgIpc) is 3.05. The van der Waals surface area contributed by atoms with Crippen molar-refractivity contribution in [3.05, 3.63) is 24.1 Å². The van der Waals surface area contributed by atoms with E-state index in [4.69, 9.17) is 14.0 Å². The predicted molar refractivity (Wildman–Crippen MR) is 77.4 cm³/mol. The van der Waals surface area contributed by atoms with Crippen molar-refractivity contribution >= 4 is 0 Å². The Morgan fingerprint density at radius 3 is 2.76 bits per heavy atom. The molecule has 1 unspecified atom stereocenters. The molecule has 1 aromatic carbocycles. The molecule has 0 radical (unpaired) electrons. The second kappa shape index (κ2) is 6.13. The minimum atomic E-state index is 0.167. The number of nitrogens with one attached hydrogen (secondary N) is 1. The van der Waals surface area contributed by atoms with Crippen LogP contribution in [0, 0.1) is 0 Å². The first kappa shape index (κ1) is 13.9. The highest BCUT2D eigenvalue weighted by atomic mass is 16.5. The van der Waals surface area contributed by atoms with Crippen molar-refractivity contribution in [2.45, 2.75) is 25.3 Å². The third-order valence-electron chi connectivity index (χ3n) is 3.69. The maximum Gasteiger partial charge on any atom is 0.244 e. The first-order valence-corrected chi connectivity index (χ1v) is 7.11. The van der Waals surface area contributed by atoms with E-state index in [2.05, 4.69) is 15.5 Å². The van der Waals surface area contributed by atoms with Gasteiger partial charge in [-0.15, -0.1) is 0 Å². The lowest BCUT2D eigenvalue weighted by Gasteiger charge is -2.19. The molecular weight excluding hydrogens is 270 g/mol. The summed E-state index contributed by atoms with van der Waals surface area (Å²) in [5, 5.41) is 7.47. The lowest BCUT2D eigenvalue weighted by Crippen LogP contribution is -2.26. The second-order valence-electron chi connectivity index (χ2n) is 5.03. The Morgan fingerprint density at radius 2 is 2.05 bits per heavy atom. The minimum Gasteiger partial charge on any atom is -0.493 e. The van der Waals surface area contributed by atoms with Gasteiger partial charge in [-0.2, -0.15) is 4.98 Å². The van der Waals surface area contributed by atoms with Crippen LogP contribution in [-0.4, -0.2) is 30.9 Å². The molecular formula is C15H19N3O3. The number of benzene rings is 1. The van der Waals surface area contributed by atoms with Crippen molar-refractivity contribution in [2.24, 2.45) is 0 Å². The summed E-state index contributed by atoms with van der Waals surface area (Å²) in [6.07, 6.45) is 3.42. The van der Waals surface area contributed by atoms with Gasteiger partial charge in [0, 0.05) is 5.56 Å². The van der Waals surface area contributed by atoms with Crippen LogP contribution in [0.4, 0.5) is 0 Å². The van der Waals surface area contributed by atoms with Gasteiger partial charge in [0.1, 0.15) is 0 Å². The molecule has 0 aliphatic carbocycles. The highest BCUT2D eigenvalue weighted by Crippen LogP contribution is 2.32. The molecule has 112 valence electrons. The van der Waals surface area contributed by atoms with Gasteiger partial charge in [-0.1, -0.05) is 11.6 Å². The molecule has 1 atom stereocenters. The summed E-state index contributed by atoms with van der Waals surface area (Å²) < 4.78 is 15.9. The molecule has 0 bridgehead atoms. The standard InChI is InChI=1S/C15H19N3O3/c1-19-12-7-6-10(9-13(12)20-2)14-17-15(21-18-14)11-5-3-4-8-16-11/h6-7,9,11,16H,3-5,8H2,1-2H3. The number of nitrogens with zero attached hydrogens (tertiary/aromatic N) is 2. The summed E-state index contributed by atoms with van der Waals surface area (Å²) in [5.74, 6) is 2.55. The highest BCUT2D eigenvalue weighted by molar-refractivity contribution is 5.60. The van der Waals surface area contributed by atoms with Gasteiger partial charge in [-0.3, -0.25) is 0 Å². The Kier molecular flexibility index (Phi) is 4.06. The van der Waals surface area contributed by atoms with Crippen LogP contribution in [0.25, 0.3) is 11.4 Å². The van der Waals surface area contributed by atoms with Gasteiger partial charge >= 0.3 is 0 Å². The zero-order valence-corrected chi connectivity index (χ0v) is 12.3. The van der Waals surface area contributed by atoms with Crippen molar-refractivity contribution in [1.29, 1.82) is 0 Å². The molecule has 1 aliphatic heterocycles. The van der Waals surface area contributed by atoms with Crippen molar-refractivity contribution in [2.75, 3.05) is 20.8 Å². The number of rotatable bonds is 4. The first-order valence-electron chi connectivity index (χ1n) is 7.11. The first-order chi connectivity index (χ1) is 10.3. The molecule has 21 heavy (non-hydrogen) atoms. The van der Waals surface area contributed by atoms with E-state index in [1.807, 2.05) is 18.2 Å². The van der Waals surface area contributed by atoms with Crippen LogP contribution < -0.4 is 14.8 Å². The number of methoxy groups -OCH3 is 2. The molecule has 1 aromatic heterocycles. The monoisotopic (exact) mass is 289 g/mol. The van der Waals surface area contributed by atoms with Gasteiger partial charge in [0.25, 0.3) is 0 Å². The summed E-state index contributed by atoms with van der Waals surface area (Å²) in [6.45, 7) is 0.999. The van der Waals surface area contributed by atoms with Crippen molar-refractivity contribution in [3.63, 3.8) is 0 Å². The molecule has 0 saturated carbocycles. The van der Waals surface area contributed by atoms with E-state index in [1.165, 1.54) is 12.8 Å². The van der Waals surface area contributed by atoms with Crippen LogP contribution in [0.3, 0.4) is 0 Å². The maximum atomic E-state index is 5.39. The molecule has 1 N–H and O–H groups in total. The quantitative estimate of drug-likeness (QED) is 0.933. The number of hydrogen-bond donors (Lipinski definition) is 1. The van der Waals surface area contributed by atoms with E-state index in [0.29, 0.717) is 23.2 Å². The van der Waals surface area contributed by atoms with Gasteiger partial charge in [-0.05, 0) is 37.6 Å². The fourth-order valence-corrected chi connectivity index (χ4v) is 2.53. The average molecular weight is 289 g/mol. The second-order valence-corrected chi connectivity index (χ2v) is 5.03. The summed E-state index contributed by atoms with van der Waals surface area (Å²) >= 11 is 0. The van der Waals surface area contributed by atoms with E-state index < -0.39 is 0 Å². The van der Waals surface area contributed by atoms with Crippen LogP contribution >= 0.6 is 0 Å². The fourth-order valence-electron chi connectivity index (χ4n) is 2.53. The predicted octanol–water partition coefficient (Wildman–Crippen LogP) is 2.57. The maximum absolute atomic E-state index is 5.39. The molecule has 1 aliphatic rings. The molecule has 1 saturated heterocycles. The highest BCUT2D eigenvalue weighted by Gasteiger charge is 2.21. The third-order valence-corrected chi connectivity index (χ3v) is 3.69. The fraction of sp³-hybridized carbons (Fsp3) is 0.467. The molecule has 2 aromatic rings. The van der Waals surface area contributed by atoms with E-state index in [-0.39, 0.29) is 6.04 Å². The van der Waals surface area contributed by atoms with E-state index in [0.717, 1.165) is 18.5 Å². The zero-order chi connectivity index (χ0) is 14.7. The number of aromatic nitrogens is 2. The third kappa shape index (κ3) is 2.85. The van der Waals surface area contributed by atoms with Crippen LogP contribution in [0.2, 0.25) is 0 Å². The summed E-state index contributed by atoms with van der Waals surface area (Å²) in [6, 6.07) is 5.75. The Balaban J connectivity index is 1.85. The van der Waals surface area contributed by atoms with Gasteiger partial charge in [0.05, 0.1) is 20.3 Å². The van der Waals surface area contributed by atoms with E-state index in [9.17, 15) is 0 Å². The molecule has 2 heterocycles. The van der Waals surface area contributed by atoms with Crippen molar-refractivity contribution < 1.29 is 14.0 Å². The molecule has 1 fully saturated rings. The normalized spacial score (nSPS) is 18.5. The molecule has 3 rings (SSSR count). The summed E-state index contributed by atoms with van der Waals surface area (Å²) in [7, 11) is 3.22. The lowest BCUT2D eigenvalue weighted by molar-refractivity contribution is 0.297. The van der Waals surface area contributed by atoms with Crippen LogP contribution in [0.1, 0.15) is 31.2 Å². The molecule has 0 amide bonds. The number of piperidine rings is 1. The topological polar surface area (TPSA) is 69.4 Å². The van der Waals surface area contributed by atoms with E-state index in [1.54, 1.807) is 14.2 Å². The van der Waals surface area contributed by atoms with Gasteiger partial charge in [0.15, 0.2) is 11.5 Å². The van der Waals surface area contributed by atoms with Gasteiger partial charge in [0.2, 0.25) is 11.7 Å². The van der Waals surface area contributed by atoms with E-state index >= 15 is 0 Å². The summed E-state index contributed by atoms with van der Waals surface area (Å²) in [5.41, 5.74) is 0.846. The largest absolute Gasteiger partial charge is 0.493 e. The van der Waals surface area contributed by atoms with Gasteiger partial charge in [-0.25, -0.2) is 0 Å². The Bertz CT molecular complexity index is 606. The van der Waals surface area contributed by atoms with Crippen LogP contribution in [-0.2, 0) is 0 Å². The SMILES string of the molecule is COc1ccc(-c2noc(C3CCCCN3)n2)cc1OC. The van der Waals surface area contributed by atoms with Crippen molar-refractivity contribution in [3.8, 4) is 22.9 Å².